The van der Waals surface area contributed by atoms with Crippen molar-refractivity contribution < 1.29 is 39.2 Å². The van der Waals surface area contributed by atoms with Crippen LogP contribution in [0.25, 0.3) is 0 Å². The Kier molecular flexibility index (Phi) is 11.8. The van der Waals surface area contributed by atoms with Crippen LogP contribution in [0.1, 0.15) is 53.0 Å². The van der Waals surface area contributed by atoms with E-state index in [1.807, 2.05) is 0 Å². The molecular formula is C27H38N4O8. The fraction of sp³-hybridized carbons (Fsp3) is 0.519. The van der Waals surface area contributed by atoms with Gasteiger partial charge in [-0.1, -0.05) is 26.0 Å². The van der Waals surface area contributed by atoms with E-state index in [1.54, 1.807) is 32.9 Å². The number of ether oxygens (including phenoxy) is 2. The number of nitrogens with one attached hydrogen (secondary N) is 2. The summed E-state index contributed by atoms with van der Waals surface area (Å²) in [5.74, 6) is -4.40. The molecule has 1 saturated heterocycles. The third-order valence-electron chi connectivity index (χ3n) is 6.26. The number of carbonyl (C=O) groups is 3. The van der Waals surface area contributed by atoms with Crippen LogP contribution < -0.4 is 10.6 Å². The van der Waals surface area contributed by atoms with Crippen molar-refractivity contribution in [2.45, 2.75) is 77.7 Å². The minimum Gasteiger partial charge on any atom is -0.506 e. The summed E-state index contributed by atoms with van der Waals surface area (Å²) in [6.45, 7) is 11.4. The Labute approximate surface area is 227 Å². The first-order valence-electron chi connectivity index (χ1n) is 12.7. The van der Waals surface area contributed by atoms with Gasteiger partial charge >= 0.3 is 11.9 Å². The predicted molar refractivity (Wildman–Crippen MR) is 142 cm³/mol. The SMILES string of the molecule is C=NC=C(C=CC)CC1NC(=O)C(NC(O)c2ncccc2O)C(C)OC(=O)C(C(C)C)OC(=O)C(C)C1O. The molecule has 0 spiro atoms. The lowest BCUT2D eigenvalue weighted by molar-refractivity contribution is -0.180. The Balaban J connectivity index is 2.53. The second-order valence-electron chi connectivity index (χ2n) is 9.68. The van der Waals surface area contributed by atoms with Gasteiger partial charge in [-0.3, -0.25) is 24.9 Å². The van der Waals surface area contributed by atoms with Crippen LogP contribution >= 0.6 is 0 Å². The van der Waals surface area contributed by atoms with E-state index < -0.39 is 66.3 Å². The third kappa shape index (κ3) is 8.44. The monoisotopic (exact) mass is 546 g/mol. The first kappa shape index (κ1) is 31.6. The first-order chi connectivity index (χ1) is 18.4. The molecule has 1 aromatic rings. The van der Waals surface area contributed by atoms with Gasteiger partial charge in [0.1, 0.15) is 23.6 Å². The molecule has 0 saturated carbocycles. The quantitative estimate of drug-likeness (QED) is 0.138. The van der Waals surface area contributed by atoms with Gasteiger partial charge in [-0.05, 0) is 51.6 Å². The molecule has 5 N–H and O–H groups in total. The van der Waals surface area contributed by atoms with Gasteiger partial charge in [0.2, 0.25) is 12.0 Å². The smallest absolute Gasteiger partial charge is 0.348 e. The number of rotatable bonds is 8. The first-order valence-corrected chi connectivity index (χ1v) is 12.7. The Bertz CT molecular complexity index is 1090. The number of amides is 1. The van der Waals surface area contributed by atoms with E-state index in [0.29, 0.717) is 5.57 Å². The Morgan fingerprint density at radius 2 is 1.95 bits per heavy atom. The minimum atomic E-state index is -1.62. The summed E-state index contributed by atoms with van der Waals surface area (Å²) in [5.41, 5.74) is 0.455. The fourth-order valence-corrected chi connectivity index (χ4v) is 4.07. The Hall–Kier alpha value is -3.61. The summed E-state index contributed by atoms with van der Waals surface area (Å²) < 4.78 is 11.0. The maximum Gasteiger partial charge on any atom is 0.348 e. The van der Waals surface area contributed by atoms with Crippen molar-refractivity contribution in [2.24, 2.45) is 16.8 Å². The number of carbonyl (C=O) groups excluding carboxylic acids is 3. The van der Waals surface area contributed by atoms with Crippen molar-refractivity contribution in [3.8, 4) is 5.75 Å². The van der Waals surface area contributed by atoms with E-state index in [2.05, 4.69) is 27.3 Å². The van der Waals surface area contributed by atoms with E-state index >= 15 is 0 Å². The van der Waals surface area contributed by atoms with Crippen LogP contribution in [0, 0.1) is 11.8 Å². The molecule has 39 heavy (non-hydrogen) atoms. The molecule has 0 bridgehead atoms. The summed E-state index contributed by atoms with van der Waals surface area (Å²) in [7, 11) is 0. The van der Waals surface area contributed by atoms with Crippen LogP contribution in [0.2, 0.25) is 0 Å². The number of nitrogens with zero attached hydrogens (tertiary/aromatic N) is 2. The molecule has 1 fully saturated rings. The lowest BCUT2D eigenvalue weighted by Gasteiger charge is -2.34. The van der Waals surface area contributed by atoms with Gasteiger partial charge in [0.15, 0.2) is 6.23 Å². The fourth-order valence-electron chi connectivity index (χ4n) is 4.07. The molecule has 1 aliphatic heterocycles. The molecule has 214 valence electrons. The highest BCUT2D eigenvalue weighted by molar-refractivity contribution is 5.85. The summed E-state index contributed by atoms with van der Waals surface area (Å²) >= 11 is 0. The molecule has 1 amide bonds. The molecule has 12 nitrogen and oxygen atoms in total. The van der Waals surface area contributed by atoms with Crippen molar-refractivity contribution in [1.82, 2.24) is 15.6 Å². The van der Waals surface area contributed by atoms with E-state index in [0.717, 1.165) is 0 Å². The summed E-state index contributed by atoms with van der Waals surface area (Å²) in [6.07, 6.45) is 0.791. The van der Waals surface area contributed by atoms with Crippen LogP contribution in [0.4, 0.5) is 0 Å². The molecule has 7 atom stereocenters. The second-order valence-corrected chi connectivity index (χ2v) is 9.68. The number of hydrogen-bond acceptors (Lipinski definition) is 11. The molecule has 1 aromatic heterocycles. The van der Waals surface area contributed by atoms with Gasteiger partial charge in [-0.15, -0.1) is 0 Å². The van der Waals surface area contributed by atoms with Crippen LogP contribution in [0.5, 0.6) is 5.75 Å². The highest BCUT2D eigenvalue weighted by Crippen LogP contribution is 2.23. The zero-order valence-corrected chi connectivity index (χ0v) is 22.8. The van der Waals surface area contributed by atoms with Crippen molar-refractivity contribution in [2.75, 3.05) is 0 Å². The summed E-state index contributed by atoms with van der Waals surface area (Å²) in [4.78, 5) is 47.2. The van der Waals surface area contributed by atoms with E-state index in [9.17, 15) is 29.7 Å². The molecule has 0 aromatic carbocycles. The summed E-state index contributed by atoms with van der Waals surface area (Å²) in [6, 6.07) is 0.391. The molecule has 2 heterocycles. The number of aliphatic hydroxyl groups excluding tert-OH is 2. The largest absolute Gasteiger partial charge is 0.506 e. The van der Waals surface area contributed by atoms with Crippen LogP contribution in [-0.2, 0) is 23.9 Å². The van der Waals surface area contributed by atoms with Crippen molar-refractivity contribution in [3.05, 3.63) is 47.9 Å². The van der Waals surface area contributed by atoms with Gasteiger partial charge in [0.25, 0.3) is 0 Å². The number of aromatic hydroxyl groups is 1. The number of esters is 2. The number of allylic oxidation sites excluding steroid dienone is 2. The highest BCUT2D eigenvalue weighted by Gasteiger charge is 2.40. The van der Waals surface area contributed by atoms with Crippen LogP contribution in [0.3, 0.4) is 0 Å². The molecule has 2 rings (SSSR count). The van der Waals surface area contributed by atoms with Crippen molar-refractivity contribution in [3.63, 3.8) is 0 Å². The van der Waals surface area contributed by atoms with Gasteiger partial charge in [-0.2, -0.15) is 0 Å². The molecular weight excluding hydrogens is 508 g/mol. The van der Waals surface area contributed by atoms with Gasteiger partial charge < -0.3 is 30.1 Å². The minimum absolute atomic E-state index is 0.0615. The average molecular weight is 547 g/mol. The van der Waals surface area contributed by atoms with Crippen LogP contribution in [-0.4, -0.2) is 75.3 Å². The zero-order valence-electron chi connectivity index (χ0n) is 22.8. The van der Waals surface area contributed by atoms with Crippen LogP contribution in [0.15, 0.2) is 47.2 Å². The average Bonchev–Trinajstić information content (AvgIpc) is 2.88. The maximum absolute atomic E-state index is 13.6. The van der Waals surface area contributed by atoms with Crippen molar-refractivity contribution in [1.29, 1.82) is 0 Å². The number of aliphatic hydroxyl groups is 2. The molecule has 0 radical (unpaired) electrons. The number of pyridine rings is 1. The molecule has 0 aliphatic carbocycles. The second kappa shape index (κ2) is 14.5. The topological polar surface area (TPSA) is 180 Å². The molecule has 1 aliphatic rings. The number of hydrogen-bond donors (Lipinski definition) is 5. The summed E-state index contributed by atoms with van der Waals surface area (Å²) in [5, 5.41) is 37.4. The van der Waals surface area contributed by atoms with E-state index in [4.69, 9.17) is 9.47 Å². The Morgan fingerprint density at radius 3 is 2.54 bits per heavy atom. The van der Waals surface area contributed by atoms with E-state index in [1.165, 1.54) is 38.4 Å². The zero-order chi connectivity index (χ0) is 29.3. The standard InChI is InChI=1S/C27H38N4O8/c1-7-9-17(13-28-6)12-18-22(33)15(4)26(36)39-23(14(2)3)27(37)38-16(5)20(24(34)30-18)31-25(35)21-19(32)10-8-11-29-21/h7-11,13-16,18,20,22-23,25,31-33,35H,6,12H2,1-5H3,(H,30,34). The Morgan fingerprint density at radius 1 is 1.26 bits per heavy atom. The highest BCUT2D eigenvalue weighted by atomic mass is 16.6. The number of aliphatic imine (C=N–C) groups is 1. The van der Waals surface area contributed by atoms with Gasteiger partial charge in [-0.25, -0.2) is 4.79 Å². The number of aromatic nitrogens is 1. The predicted octanol–water partition coefficient (Wildman–Crippen LogP) is 1.28. The van der Waals surface area contributed by atoms with Gasteiger partial charge in [0.05, 0.1) is 18.1 Å². The molecule has 12 heteroatoms. The maximum atomic E-state index is 13.6. The van der Waals surface area contributed by atoms with E-state index in [-0.39, 0.29) is 17.9 Å². The normalized spacial score (nSPS) is 28.2. The third-order valence-corrected chi connectivity index (χ3v) is 6.26. The molecule has 7 unspecified atom stereocenters. The lowest BCUT2D eigenvalue weighted by Crippen LogP contribution is -2.58. The van der Waals surface area contributed by atoms with Gasteiger partial charge in [0, 0.05) is 18.3 Å². The lowest BCUT2D eigenvalue weighted by atomic mass is 9.92. The number of cyclic esters (lactones) is 2. The van der Waals surface area contributed by atoms with Crippen molar-refractivity contribution >= 4 is 24.6 Å².